The van der Waals surface area contributed by atoms with Crippen molar-refractivity contribution in [2.24, 2.45) is 0 Å². The largest absolute Gasteiger partial charge is 0.495 e. The number of carbonyl (C=O) groups is 1. The number of benzene rings is 2. The molecule has 0 unspecified atom stereocenters. The van der Waals surface area contributed by atoms with Gasteiger partial charge in [-0.25, -0.2) is 4.79 Å². The van der Waals surface area contributed by atoms with Gasteiger partial charge in [0.25, 0.3) is 0 Å². The molecule has 4 nitrogen and oxygen atoms in total. The van der Waals surface area contributed by atoms with Gasteiger partial charge in [-0.2, -0.15) is 0 Å². The molecular weight excluding hydrogens is 304 g/mol. The molecule has 0 amide bonds. The Kier molecular flexibility index (Phi) is 4.29. The minimum absolute atomic E-state index is 0.163. The second-order valence-corrected chi connectivity index (χ2v) is 5.33. The van der Waals surface area contributed by atoms with Crippen molar-refractivity contribution in [2.45, 2.75) is 6.92 Å². The lowest BCUT2D eigenvalue weighted by Crippen LogP contribution is -2.11. The highest BCUT2D eigenvalue weighted by Crippen LogP contribution is 2.34. The van der Waals surface area contributed by atoms with Gasteiger partial charge in [0.15, 0.2) is 5.78 Å². The Bertz CT molecular complexity index is 981. The summed E-state index contributed by atoms with van der Waals surface area (Å²) in [6.45, 7) is 1.44. The highest BCUT2D eigenvalue weighted by molar-refractivity contribution is 6.01. The molecule has 3 aromatic rings. The van der Waals surface area contributed by atoms with Crippen LogP contribution in [0.5, 0.6) is 5.75 Å². The lowest BCUT2D eigenvalue weighted by molar-refractivity contribution is -0.112. The Morgan fingerprint density at radius 2 is 1.71 bits per heavy atom. The predicted molar refractivity (Wildman–Crippen MR) is 93.2 cm³/mol. The number of methoxy groups -OCH3 is 1. The molecule has 1 aromatic heterocycles. The summed E-state index contributed by atoms with van der Waals surface area (Å²) in [5, 5.41) is 0.681. The molecule has 24 heavy (non-hydrogen) atoms. The molecule has 0 saturated carbocycles. The van der Waals surface area contributed by atoms with Crippen LogP contribution < -0.4 is 10.4 Å². The van der Waals surface area contributed by atoms with Crippen LogP contribution in [-0.4, -0.2) is 12.9 Å². The molecular formula is C20H16O4. The van der Waals surface area contributed by atoms with E-state index in [1.54, 1.807) is 12.1 Å². The van der Waals surface area contributed by atoms with Gasteiger partial charge in [0.05, 0.1) is 12.5 Å². The Morgan fingerprint density at radius 3 is 2.38 bits per heavy atom. The summed E-state index contributed by atoms with van der Waals surface area (Å²) in [4.78, 5) is 24.3. The third kappa shape index (κ3) is 2.86. The first kappa shape index (κ1) is 15.7. The van der Waals surface area contributed by atoms with Crippen molar-refractivity contribution < 1.29 is 13.9 Å². The van der Waals surface area contributed by atoms with Crippen LogP contribution in [0.2, 0.25) is 0 Å². The van der Waals surface area contributed by atoms with E-state index < -0.39 is 5.63 Å². The molecule has 0 bridgehead atoms. The zero-order valence-corrected chi connectivity index (χ0v) is 13.4. The van der Waals surface area contributed by atoms with Gasteiger partial charge in [-0.1, -0.05) is 42.5 Å². The summed E-state index contributed by atoms with van der Waals surface area (Å²) < 4.78 is 10.9. The third-order valence-electron chi connectivity index (χ3n) is 3.67. The SMILES string of the molecule is COc1c(/C(=C/C(C)=O)c2ccccc2)c(=O)oc2ccccc12. The Morgan fingerprint density at radius 1 is 1.04 bits per heavy atom. The Labute approximate surface area is 139 Å². The van der Waals surface area contributed by atoms with E-state index in [1.807, 2.05) is 42.5 Å². The fraction of sp³-hybridized carbons (Fsp3) is 0.100. The van der Waals surface area contributed by atoms with E-state index in [-0.39, 0.29) is 11.3 Å². The maximum atomic E-state index is 12.6. The molecule has 2 aromatic carbocycles. The van der Waals surface area contributed by atoms with Crippen molar-refractivity contribution >= 4 is 22.3 Å². The van der Waals surface area contributed by atoms with Crippen LogP contribution >= 0.6 is 0 Å². The molecule has 0 N–H and O–H groups in total. The third-order valence-corrected chi connectivity index (χ3v) is 3.67. The summed E-state index contributed by atoms with van der Waals surface area (Å²) in [5.41, 5.74) is 1.38. The van der Waals surface area contributed by atoms with Crippen molar-refractivity contribution in [3.63, 3.8) is 0 Å². The predicted octanol–water partition coefficient (Wildman–Crippen LogP) is 3.82. The molecule has 0 aliphatic heterocycles. The molecule has 4 heteroatoms. The standard InChI is InChI=1S/C20H16O4/c1-13(21)12-16(14-8-4-3-5-9-14)18-19(23-2)15-10-6-7-11-17(15)24-20(18)22/h3-12H,1-2H3/b16-12+. The van der Waals surface area contributed by atoms with E-state index in [2.05, 4.69) is 0 Å². The summed E-state index contributed by atoms with van der Waals surface area (Å²) in [6, 6.07) is 16.4. The normalized spacial score (nSPS) is 11.5. The summed E-state index contributed by atoms with van der Waals surface area (Å²) >= 11 is 0. The molecule has 0 aliphatic rings. The first-order chi connectivity index (χ1) is 11.6. The van der Waals surface area contributed by atoms with Crippen LogP contribution in [0.3, 0.4) is 0 Å². The number of carbonyl (C=O) groups excluding carboxylic acids is 1. The second-order valence-electron chi connectivity index (χ2n) is 5.33. The van der Waals surface area contributed by atoms with E-state index in [0.29, 0.717) is 22.3 Å². The number of rotatable bonds is 4. The van der Waals surface area contributed by atoms with Crippen molar-refractivity contribution in [3.8, 4) is 5.75 Å². The van der Waals surface area contributed by atoms with Crippen LogP contribution in [0, 0.1) is 0 Å². The van der Waals surface area contributed by atoms with Crippen molar-refractivity contribution in [3.05, 3.63) is 82.2 Å². The highest BCUT2D eigenvalue weighted by atomic mass is 16.5. The van der Waals surface area contributed by atoms with Gasteiger partial charge in [0, 0.05) is 5.57 Å². The zero-order valence-electron chi connectivity index (χ0n) is 13.4. The second kappa shape index (κ2) is 6.54. The van der Waals surface area contributed by atoms with Crippen LogP contribution in [0.15, 0.2) is 69.9 Å². The maximum absolute atomic E-state index is 12.6. The molecule has 0 radical (unpaired) electrons. The molecule has 0 aliphatic carbocycles. The Balaban J connectivity index is 2.39. The lowest BCUT2D eigenvalue weighted by atomic mass is 9.96. The quantitative estimate of drug-likeness (QED) is 0.541. The van der Waals surface area contributed by atoms with E-state index in [4.69, 9.17) is 9.15 Å². The summed E-state index contributed by atoms with van der Waals surface area (Å²) in [6.07, 6.45) is 1.43. The van der Waals surface area contributed by atoms with Gasteiger partial charge in [0.1, 0.15) is 16.9 Å². The summed E-state index contributed by atoms with van der Waals surface area (Å²) in [7, 11) is 1.50. The highest BCUT2D eigenvalue weighted by Gasteiger charge is 2.20. The van der Waals surface area contributed by atoms with Gasteiger partial charge in [0.2, 0.25) is 0 Å². The molecule has 1 heterocycles. The molecule has 3 rings (SSSR count). The fourth-order valence-corrected chi connectivity index (χ4v) is 2.69. The molecule has 0 fully saturated rings. The fourth-order valence-electron chi connectivity index (χ4n) is 2.69. The minimum atomic E-state index is -0.540. The van der Waals surface area contributed by atoms with E-state index >= 15 is 0 Å². The zero-order chi connectivity index (χ0) is 17.1. The lowest BCUT2D eigenvalue weighted by Gasteiger charge is -2.13. The monoisotopic (exact) mass is 320 g/mol. The van der Waals surface area contributed by atoms with Crippen LogP contribution in [0.25, 0.3) is 16.5 Å². The first-order valence-corrected chi connectivity index (χ1v) is 7.49. The van der Waals surface area contributed by atoms with Gasteiger partial charge in [-0.05, 0) is 30.7 Å². The smallest absolute Gasteiger partial charge is 0.348 e. The van der Waals surface area contributed by atoms with Gasteiger partial charge >= 0.3 is 5.63 Å². The van der Waals surface area contributed by atoms with Crippen LogP contribution in [0.1, 0.15) is 18.1 Å². The average molecular weight is 320 g/mol. The van der Waals surface area contributed by atoms with E-state index in [1.165, 1.54) is 20.1 Å². The molecule has 0 spiro atoms. The van der Waals surface area contributed by atoms with Gasteiger partial charge in [-0.3, -0.25) is 4.79 Å². The van der Waals surface area contributed by atoms with Crippen molar-refractivity contribution in [2.75, 3.05) is 7.11 Å². The van der Waals surface area contributed by atoms with Crippen LogP contribution in [-0.2, 0) is 4.79 Å². The number of hydrogen-bond acceptors (Lipinski definition) is 4. The average Bonchev–Trinajstić information content (AvgIpc) is 2.59. The number of hydrogen-bond donors (Lipinski definition) is 0. The number of fused-ring (bicyclic) bond motifs is 1. The number of para-hydroxylation sites is 1. The van der Waals surface area contributed by atoms with Gasteiger partial charge < -0.3 is 9.15 Å². The molecule has 120 valence electrons. The maximum Gasteiger partial charge on any atom is 0.348 e. The van der Waals surface area contributed by atoms with Crippen molar-refractivity contribution in [1.29, 1.82) is 0 Å². The van der Waals surface area contributed by atoms with E-state index in [9.17, 15) is 9.59 Å². The van der Waals surface area contributed by atoms with Crippen LogP contribution in [0.4, 0.5) is 0 Å². The number of allylic oxidation sites excluding steroid dienone is 1. The summed E-state index contributed by atoms with van der Waals surface area (Å²) in [5.74, 6) is 0.238. The van der Waals surface area contributed by atoms with Gasteiger partial charge in [-0.15, -0.1) is 0 Å². The minimum Gasteiger partial charge on any atom is -0.495 e. The first-order valence-electron chi connectivity index (χ1n) is 7.49. The van der Waals surface area contributed by atoms with E-state index in [0.717, 1.165) is 5.56 Å². The van der Waals surface area contributed by atoms with Crippen molar-refractivity contribution in [1.82, 2.24) is 0 Å². The topological polar surface area (TPSA) is 56.5 Å². The molecule has 0 saturated heterocycles. The Hall–Kier alpha value is -3.14. The molecule has 0 atom stereocenters. The number of ketones is 1. The number of ether oxygens (including phenoxy) is 1.